The molecule has 0 atom stereocenters. The summed E-state index contributed by atoms with van der Waals surface area (Å²) in [5.74, 6) is 1.94. The van der Waals surface area contributed by atoms with Gasteiger partial charge >= 0.3 is 0 Å². The van der Waals surface area contributed by atoms with Crippen molar-refractivity contribution in [3.63, 3.8) is 0 Å². The molecular formula is C14H27N5O. The second-order valence-electron chi connectivity index (χ2n) is 5.67. The average Bonchev–Trinajstić information content (AvgIpc) is 3.27. The molecule has 0 aromatic carbocycles. The van der Waals surface area contributed by atoms with Crippen LogP contribution < -0.4 is 10.6 Å². The van der Waals surface area contributed by atoms with Crippen molar-refractivity contribution >= 4 is 11.9 Å². The number of rotatable bonds is 5. The average molecular weight is 281 g/mol. The van der Waals surface area contributed by atoms with Crippen LogP contribution in [0, 0.1) is 5.92 Å². The Bertz CT molecular complexity index is 345. The molecule has 0 spiro atoms. The van der Waals surface area contributed by atoms with Crippen molar-refractivity contribution in [1.29, 1.82) is 0 Å². The van der Waals surface area contributed by atoms with Gasteiger partial charge < -0.3 is 15.5 Å². The highest BCUT2D eigenvalue weighted by Gasteiger charge is 2.21. The third-order valence-electron chi connectivity index (χ3n) is 4.02. The highest BCUT2D eigenvalue weighted by molar-refractivity contribution is 5.79. The Kier molecular flexibility index (Phi) is 5.64. The minimum atomic E-state index is 0.187. The van der Waals surface area contributed by atoms with Crippen LogP contribution in [0.4, 0.5) is 0 Å². The summed E-state index contributed by atoms with van der Waals surface area (Å²) in [5.41, 5.74) is 0. The summed E-state index contributed by atoms with van der Waals surface area (Å²) < 4.78 is 0. The summed E-state index contributed by atoms with van der Waals surface area (Å²) in [5, 5.41) is 6.71. The quantitative estimate of drug-likeness (QED) is 0.538. The first kappa shape index (κ1) is 15.1. The maximum atomic E-state index is 11.3. The molecule has 6 heteroatoms. The molecule has 1 aliphatic carbocycles. The molecule has 1 saturated carbocycles. The molecule has 1 heterocycles. The van der Waals surface area contributed by atoms with Gasteiger partial charge in [-0.3, -0.25) is 14.7 Å². The van der Waals surface area contributed by atoms with Crippen LogP contribution in [0.2, 0.25) is 0 Å². The van der Waals surface area contributed by atoms with Crippen molar-refractivity contribution in [1.82, 2.24) is 20.4 Å². The molecule has 0 unspecified atom stereocenters. The van der Waals surface area contributed by atoms with Crippen LogP contribution in [0.25, 0.3) is 0 Å². The van der Waals surface area contributed by atoms with Crippen molar-refractivity contribution in [2.75, 3.05) is 52.9 Å². The molecule has 0 bridgehead atoms. The Hall–Kier alpha value is -1.30. The number of hydrogen-bond donors (Lipinski definition) is 2. The van der Waals surface area contributed by atoms with Crippen molar-refractivity contribution in [2.45, 2.75) is 19.8 Å². The first-order valence-electron chi connectivity index (χ1n) is 7.61. The van der Waals surface area contributed by atoms with E-state index in [-0.39, 0.29) is 5.91 Å². The third kappa shape index (κ3) is 5.00. The summed E-state index contributed by atoms with van der Waals surface area (Å²) in [4.78, 5) is 19.8. The molecule has 20 heavy (non-hydrogen) atoms. The Morgan fingerprint density at radius 2 is 1.90 bits per heavy atom. The van der Waals surface area contributed by atoms with Crippen molar-refractivity contribution in [3.8, 4) is 0 Å². The minimum absolute atomic E-state index is 0.187. The van der Waals surface area contributed by atoms with E-state index in [4.69, 9.17) is 0 Å². The van der Waals surface area contributed by atoms with E-state index in [1.165, 1.54) is 12.8 Å². The Labute approximate surface area is 121 Å². The molecule has 1 amide bonds. The summed E-state index contributed by atoms with van der Waals surface area (Å²) in [6, 6.07) is 0. The maximum absolute atomic E-state index is 11.3. The van der Waals surface area contributed by atoms with Crippen LogP contribution in [0.15, 0.2) is 4.99 Å². The lowest BCUT2D eigenvalue weighted by molar-refractivity contribution is -0.130. The van der Waals surface area contributed by atoms with Gasteiger partial charge in [-0.15, -0.1) is 0 Å². The number of aliphatic imine (C=N–C) groups is 1. The van der Waals surface area contributed by atoms with E-state index >= 15 is 0 Å². The van der Waals surface area contributed by atoms with Gasteiger partial charge in [-0.1, -0.05) is 0 Å². The summed E-state index contributed by atoms with van der Waals surface area (Å²) in [6.45, 7) is 8.21. The molecule has 0 aromatic rings. The van der Waals surface area contributed by atoms with Crippen LogP contribution in [0.5, 0.6) is 0 Å². The van der Waals surface area contributed by atoms with Crippen LogP contribution in [-0.4, -0.2) is 74.5 Å². The van der Waals surface area contributed by atoms with Gasteiger partial charge in [-0.25, -0.2) is 0 Å². The van der Waals surface area contributed by atoms with Gasteiger partial charge in [0.1, 0.15) is 0 Å². The molecule has 1 aliphatic heterocycles. The number of carbonyl (C=O) groups excluding carboxylic acids is 1. The second-order valence-corrected chi connectivity index (χ2v) is 5.67. The van der Waals surface area contributed by atoms with Gasteiger partial charge in [-0.05, 0) is 18.8 Å². The number of nitrogens with one attached hydrogen (secondary N) is 2. The number of carbonyl (C=O) groups is 1. The van der Waals surface area contributed by atoms with Gasteiger partial charge in [-0.2, -0.15) is 0 Å². The lowest BCUT2D eigenvalue weighted by Crippen LogP contribution is -2.50. The van der Waals surface area contributed by atoms with Crippen LogP contribution in [-0.2, 0) is 4.79 Å². The molecule has 2 fully saturated rings. The fourth-order valence-corrected chi connectivity index (χ4v) is 2.40. The maximum Gasteiger partial charge on any atom is 0.219 e. The predicted molar refractivity (Wildman–Crippen MR) is 80.8 cm³/mol. The second kappa shape index (κ2) is 7.47. The van der Waals surface area contributed by atoms with Crippen molar-refractivity contribution in [2.24, 2.45) is 10.9 Å². The Morgan fingerprint density at radius 3 is 2.45 bits per heavy atom. The molecule has 2 N–H and O–H groups in total. The van der Waals surface area contributed by atoms with E-state index in [0.717, 1.165) is 57.7 Å². The molecule has 0 aromatic heterocycles. The number of hydrogen-bond acceptors (Lipinski definition) is 3. The normalized spacial score (nSPS) is 20.9. The topological polar surface area (TPSA) is 60.0 Å². The van der Waals surface area contributed by atoms with Crippen molar-refractivity contribution < 1.29 is 4.79 Å². The number of piperazine rings is 1. The van der Waals surface area contributed by atoms with E-state index in [9.17, 15) is 4.79 Å². The molecule has 114 valence electrons. The standard InChI is InChI=1S/C14H27N5O/c1-12(20)19-9-7-18(8-10-19)6-5-16-14(15-2)17-11-13-3-4-13/h13H,3-11H2,1-2H3,(H2,15,16,17). The molecule has 0 radical (unpaired) electrons. The Morgan fingerprint density at radius 1 is 1.20 bits per heavy atom. The molecule has 2 rings (SSSR count). The SMILES string of the molecule is CN=C(NCCN1CCN(C(C)=O)CC1)NCC1CC1. The number of nitrogens with zero attached hydrogens (tertiary/aromatic N) is 3. The van der Waals surface area contributed by atoms with Gasteiger partial charge in [0.05, 0.1) is 0 Å². The summed E-state index contributed by atoms with van der Waals surface area (Å²) >= 11 is 0. The molecule has 1 saturated heterocycles. The van der Waals surface area contributed by atoms with E-state index in [1.54, 1.807) is 6.92 Å². The number of guanidine groups is 1. The van der Waals surface area contributed by atoms with Crippen LogP contribution >= 0.6 is 0 Å². The van der Waals surface area contributed by atoms with E-state index in [0.29, 0.717) is 0 Å². The smallest absolute Gasteiger partial charge is 0.219 e. The highest BCUT2D eigenvalue weighted by atomic mass is 16.2. The van der Waals surface area contributed by atoms with Crippen LogP contribution in [0.1, 0.15) is 19.8 Å². The fraction of sp³-hybridized carbons (Fsp3) is 0.857. The molecule has 6 nitrogen and oxygen atoms in total. The monoisotopic (exact) mass is 281 g/mol. The highest BCUT2D eigenvalue weighted by Crippen LogP contribution is 2.27. The van der Waals surface area contributed by atoms with Gasteiger partial charge in [0, 0.05) is 59.8 Å². The van der Waals surface area contributed by atoms with Gasteiger partial charge in [0.2, 0.25) is 5.91 Å². The fourth-order valence-electron chi connectivity index (χ4n) is 2.40. The van der Waals surface area contributed by atoms with Crippen molar-refractivity contribution in [3.05, 3.63) is 0 Å². The first-order valence-corrected chi connectivity index (χ1v) is 7.61. The summed E-state index contributed by atoms with van der Waals surface area (Å²) in [6.07, 6.45) is 2.70. The Balaban J connectivity index is 1.57. The van der Waals surface area contributed by atoms with E-state index in [2.05, 4.69) is 20.5 Å². The zero-order chi connectivity index (χ0) is 14.4. The zero-order valence-electron chi connectivity index (χ0n) is 12.7. The summed E-state index contributed by atoms with van der Waals surface area (Å²) in [7, 11) is 1.81. The first-order chi connectivity index (χ1) is 9.69. The van der Waals surface area contributed by atoms with Gasteiger partial charge in [0.25, 0.3) is 0 Å². The minimum Gasteiger partial charge on any atom is -0.356 e. The van der Waals surface area contributed by atoms with Gasteiger partial charge in [0.15, 0.2) is 5.96 Å². The number of amides is 1. The van der Waals surface area contributed by atoms with E-state index in [1.807, 2.05) is 11.9 Å². The lowest BCUT2D eigenvalue weighted by Gasteiger charge is -2.34. The molecule has 2 aliphatic rings. The predicted octanol–water partition coefficient (Wildman–Crippen LogP) is -0.274. The van der Waals surface area contributed by atoms with E-state index < -0.39 is 0 Å². The zero-order valence-corrected chi connectivity index (χ0v) is 12.7. The largest absolute Gasteiger partial charge is 0.356 e. The third-order valence-corrected chi connectivity index (χ3v) is 4.02. The van der Waals surface area contributed by atoms with Crippen LogP contribution in [0.3, 0.4) is 0 Å². The molecular weight excluding hydrogens is 254 g/mol. The lowest BCUT2D eigenvalue weighted by atomic mass is 10.3.